The third kappa shape index (κ3) is 3.57. The SMILES string of the molecule is Cc1ocnc1C(=O)NCCCC[C@H]1CCCO1. The van der Waals surface area contributed by atoms with Gasteiger partial charge in [0.2, 0.25) is 0 Å². The van der Waals surface area contributed by atoms with Crippen molar-refractivity contribution >= 4 is 5.91 Å². The van der Waals surface area contributed by atoms with Crippen LogP contribution in [0, 0.1) is 6.92 Å². The van der Waals surface area contributed by atoms with E-state index in [1.165, 1.54) is 19.2 Å². The van der Waals surface area contributed by atoms with Crippen LogP contribution in [0.15, 0.2) is 10.8 Å². The molecule has 100 valence electrons. The average molecular weight is 252 g/mol. The van der Waals surface area contributed by atoms with E-state index in [1.54, 1.807) is 6.92 Å². The second-order valence-electron chi connectivity index (χ2n) is 4.64. The van der Waals surface area contributed by atoms with Gasteiger partial charge in [-0.25, -0.2) is 4.98 Å². The number of aryl methyl sites for hydroxylation is 1. The summed E-state index contributed by atoms with van der Waals surface area (Å²) in [5.41, 5.74) is 0.383. The number of oxazole rings is 1. The first-order chi connectivity index (χ1) is 8.77. The molecule has 1 aliphatic heterocycles. The highest BCUT2D eigenvalue weighted by Crippen LogP contribution is 2.17. The van der Waals surface area contributed by atoms with E-state index in [0.29, 0.717) is 24.1 Å². The summed E-state index contributed by atoms with van der Waals surface area (Å²) in [6, 6.07) is 0. The molecule has 0 aliphatic carbocycles. The van der Waals surface area contributed by atoms with Gasteiger partial charge in [-0.05, 0) is 39.0 Å². The molecule has 18 heavy (non-hydrogen) atoms. The van der Waals surface area contributed by atoms with Crippen LogP contribution in [0.5, 0.6) is 0 Å². The first-order valence-electron chi connectivity index (χ1n) is 6.57. The van der Waals surface area contributed by atoms with Crippen molar-refractivity contribution in [2.45, 2.75) is 45.1 Å². The molecule has 0 radical (unpaired) electrons. The van der Waals surface area contributed by atoms with E-state index in [2.05, 4.69) is 10.3 Å². The van der Waals surface area contributed by atoms with E-state index in [0.717, 1.165) is 25.9 Å². The van der Waals surface area contributed by atoms with Crippen molar-refractivity contribution in [3.63, 3.8) is 0 Å². The minimum Gasteiger partial charge on any atom is -0.448 e. The first kappa shape index (κ1) is 13.1. The zero-order chi connectivity index (χ0) is 12.8. The first-order valence-corrected chi connectivity index (χ1v) is 6.57. The highest BCUT2D eigenvalue weighted by atomic mass is 16.5. The van der Waals surface area contributed by atoms with E-state index < -0.39 is 0 Å². The number of nitrogens with one attached hydrogen (secondary N) is 1. The van der Waals surface area contributed by atoms with Crippen molar-refractivity contribution in [3.8, 4) is 0 Å². The van der Waals surface area contributed by atoms with Crippen LogP contribution >= 0.6 is 0 Å². The van der Waals surface area contributed by atoms with Gasteiger partial charge in [-0.3, -0.25) is 4.79 Å². The number of nitrogens with zero attached hydrogens (tertiary/aromatic N) is 1. The summed E-state index contributed by atoms with van der Waals surface area (Å²) in [7, 11) is 0. The van der Waals surface area contributed by atoms with Gasteiger partial charge < -0.3 is 14.5 Å². The lowest BCUT2D eigenvalue weighted by atomic mass is 10.1. The molecule has 1 saturated heterocycles. The Morgan fingerprint density at radius 1 is 1.56 bits per heavy atom. The summed E-state index contributed by atoms with van der Waals surface area (Å²) in [5.74, 6) is 0.408. The Balaban J connectivity index is 1.58. The molecule has 1 aromatic heterocycles. The molecule has 1 amide bonds. The lowest BCUT2D eigenvalue weighted by Gasteiger charge is -2.08. The van der Waals surface area contributed by atoms with Gasteiger partial charge in [-0.2, -0.15) is 0 Å². The van der Waals surface area contributed by atoms with Gasteiger partial charge >= 0.3 is 0 Å². The second-order valence-corrected chi connectivity index (χ2v) is 4.64. The normalized spacial score (nSPS) is 19.1. The third-order valence-electron chi connectivity index (χ3n) is 3.22. The maximum atomic E-state index is 11.7. The fourth-order valence-electron chi connectivity index (χ4n) is 2.18. The van der Waals surface area contributed by atoms with Gasteiger partial charge in [-0.1, -0.05) is 0 Å². The van der Waals surface area contributed by atoms with Crippen LogP contribution in [0.1, 0.15) is 48.4 Å². The summed E-state index contributed by atoms with van der Waals surface area (Å²) in [6.07, 6.45) is 7.27. The number of aromatic nitrogens is 1. The molecule has 0 spiro atoms. The summed E-state index contributed by atoms with van der Waals surface area (Å²) < 4.78 is 10.5. The van der Waals surface area contributed by atoms with Gasteiger partial charge in [0.1, 0.15) is 5.76 Å². The molecule has 0 aromatic carbocycles. The largest absolute Gasteiger partial charge is 0.448 e. The fraction of sp³-hybridized carbons (Fsp3) is 0.692. The van der Waals surface area contributed by atoms with Crippen molar-refractivity contribution in [2.24, 2.45) is 0 Å². The molecule has 2 rings (SSSR count). The van der Waals surface area contributed by atoms with Gasteiger partial charge in [0.25, 0.3) is 5.91 Å². The van der Waals surface area contributed by atoms with Gasteiger partial charge in [0, 0.05) is 13.2 Å². The van der Waals surface area contributed by atoms with E-state index in [4.69, 9.17) is 9.15 Å². The molecule has 0 saturated carbocycles. The Labute approximate surface area is 107 Å². The number of amides is 1. The minimum atomic E-state index is -0.154. The molecular weight excluding hydrogens is 232 g/mol. The molecule has 1 aromatic rings. The Morgan fingerprint density at radius 3 is 3.11 bits per heavy atom. The number of unbranched alkanes of at least 4 members (excludes halogenated alkanes) is 1. The molecule has 5 heteroatoms. The predicted octanol–water partition coefficient (Wildman–Crippen LogP) is 2.06. The van der Waals surface area contributed by atoms with E-state index in [9.17, 15) is 4.79 Å². The van der Waals surface area contributed by atoms with Crippen molar-refractivity contribution in [1.29, 1.82) is 0 Å². The number of hydrogen-bond donors (Lipinski definition) is 1. The Hall–Kier alpha value is -1.36. The number of hydrogen-bond acceptors (Lipinski definition) is 4. The van der Waals surface area contributed by atoms with E-state index >= 15 is 0 Å². The van der Waals surface area contributed by atoms with Crippen LogP contribution < -0.4 is 5.32 Å². The summed E-state index contributed by atoms with van der Waals surface area (Å²) in [4.78, 5) is 15.6. The quantitative estimate of drug-likeness (QED) is 0.787. The number of carbonyl (C=O) groups is 1. The van der Waals surface area contributed by atoms with Crippen LogP contribution in [-0.4, -0.2) is 30.1 Å². The smallest absolute Gasteiger partial charge is 0.273 e. The molecule has 5 nitrogen and oxygen atoms in total. The maximum Gasteiger partial charge on any atom is 0.273 e. The average Bonchev–Trinajstić information content (AvgIpc) is 2.99. The zero-order valence-corrected chi connectivity index (χ0v) is 10.8. The van der Waals surface area contributed by atoms with Crippen LogP contribution in [-0.2, 0) is 4.74 Å². The molecule has 1 aliphatic rings. The highest BCUT2D eigenvalue weighted by Gasteiger charge is 2.15. The Kier molecular flexibility index (Phi) is 4.75. The lowest BCUT2D eigenvalue weighted by molar-refractivity contribution is 0.0941. The van der Waals surface area contributed by atoms with Gasteiger partial charge in [0.15, 0.2) is 12.1 Å². The molecule has 1 atom stereocenters. The third-order valence-corrected chi connectivity index (χ3v) is 3.22. The predicted molar refractivity (Wildman–Crippen MR) is 66.4 cm³/mol. The van der Waals surface area contributed by atoms with Crippen molar-refractivity contribution in [2.75, 3.05) is 13.2 Å². The molecule has 1 fully saturated rings. The lowest BCUT2D eigenvalue weighted by Crippen LogP contribution is -2.25. The van der Waals surface area contributed by atoms with Gasteiger partial charge in [0.05, 0.1) is 6.10 Å². The van der Waals surface area contributed by atoms with Crippen LogP contribution in [0.3, 0.4) is 0 Å². The number of ether oxygens (including phenoxy) is 1. The number of carbonyl (C=O) groups excluding carboxylic acids is 1. The standard InChI is InChI=1S/C13H20N2O3/c1-10-12(15-9-18-10)13(16)14-7-3-2-5-11-6-4-8-17-11/h9,11H,2-8H2,1H3,(H,14,16)/t11-/m0/s1. The summed E-state index contributed by atoms with van der Waals surface area (Å²) in [5, 5.41) is 2.85. The van der Waals surface area contributed by atoms with E-state index in [1.807, 2.05) is 0 Å². The topological polar surface area (TPSA) is 64.4 Å². The van der Waals surface area contributed by atoms with Crippen LogP contribution in [0.4, 0.5) is 0 Å². The van der Waals surface area contributed by atoms with Gasteiger partial charge in [-0.15, -0.1) is 0 Å². The maximum absolute atomic E-state index is 11.7. The molecule has 0 unspecified atom stereocenters. The minimum absolute atomic E-state index is 0.154. The second kappa shape index (κ2) is 6.54. The Bertz CT molecular complexity index is 383. The van der Waals surface area contributed by atoms with Crippen molar-refractivity contribution in [3.05, 3.63) is 17.8 Å². The molecule has 0 bridgehead atoms. The zero-order valence-electron chi connectivity index (χ0n) is 10.8. The van der Waals surface area contributed by atoms with Crippen molar-refractivity contribution in [1.82, 2.24) is 10.3 Å². The fourth-order valence-corrected chi connectivity index (χ4v) is 2.18. The van der Waals surface area contributed by atoms with Crippen molar-refractivity contribution < 1.29 is 13.9 Å². The summed E-state index contributed by atoms with van der Waals surface area (Å²) in [6.45, 7) is 3.32. The van der Waals surface area contributed by atoms with Crippen LogP contribution in [0.25, 0.3) is 0 Å². The number of rotatable bonds is 6. The highest BCUT2D eigenvalue weighted by molar-refractivity contribution is 5.92. The molecular formula is C13H20N2O3. The van der Waals surface area contributed by atoms with E-state index in [-0.39, 0.29) is 5.91 Å². The summed E-state index contributed by atoms with van der Waals surface area (Å²) >= 11 is 0. The van der Waals surface area contributed by atoms with Crippen LogP contribution in [0.2, 0.25) is 0 Å². The monoisotopic (exact) mass is 252 g/mol. The molecule has 2 heterocycles. The molecule has 1 N–H and O–H groups in total. The Morgan fingerprint density at radius 2 is 2.44 bits per heavy atom.